The summed E-state index contributed by atoms with van der Waals surface area (Å²) in [6.07, 6.45) is 0.154. The molecule has 0 N–H and O–H groups in total. The molecule has 6 heteroatoms. The molecule has 2 aromatic rings. The lowest BCUT2D eigenvalue weighted by Gasteiger charge is -2.10. The van der Waals surface area contributed by atoms with Gasteiger partial charge in [0.25, 0.3) is 0 Å². The van der Waals surface area contributed by atoms with Crippen LogP contribution < -0.4 is 4.90 Å². The molecule has 0 aliphatic carbocycles. The number of hydrogen-bond acceptors (Lipinski definition) is 4. The highest BCUT2D eigenvalue weighted by atomic mass is 19.1. The molecule has 25 heavy (non-hydrogen) atoms. The van der Waals surface area contributed by atoms with Crippen LogP contribution in [-0.2, 0) is 27.2 Å². The molecule has 2 aromatic carbocycles. The predicted octanol–water partition coefficient (Wildman–Crippen LogP) is 2.31. The number of ether oxygens (including phenoxy) is 1. The first kappa shape index (κ1) is 16.8. The van der Waals surface area contributed by atoms with Gasteiger partial charge in [0.05, 0.1) is 12.8 Å². The highest BCUT2D eigenvalue weighted by Gasteiger charge is 2.24. The number of halogens is 1. The SMILES string of the molecule is CN1C(=O)Cc2cc(C(=O)COC(=O)Cc3cccc(F)c3)ccc21. The van der Waals surface area contributed by atoms with E-state index in [0.717, 1.165) is 11.3 Å². The summed E-state index contributed by atoms with van der Waals surface area (Å²) in [5.74, 6) is -1.41. The van der Waals surface area contributed by atoms with E-state index >= 15 is 0 Å². The van der Waals surface area contributed by atoms with Crippen LogP contribution in [0.2, 0.25) is 0 Å². The van der Waals surface area contributed by atoms with Crippen molar-refractivity contribution < 1.29 is 23.5 Å². The van der Waals surface area contributed by atoms with Crippen molar-refractivity contribution in [2.24, 2.45) is 0 Å². The lowest BCUT2D eigenvalue weighted by atomic mass is 10.1. The summed E-state index contributed by atoms with van der Waals surface area (Å²) in [5.41, 5.74) is 2.44. The number of Topliss-reactive ketones (excluding diaryl/α,β-unsaturated/α-hetero) is 1. The molecular weight excluding hydrogens is 325 g/mol. The normalized spacial score (nSPS) is 12.9. The lowest BCUT2D eigenvalue weighted by Crippen LogP contribution is -2.20. The Labute approximate surface area is 144 Å². The highest BCUT2D eigenvalue weighted by Crippen LogP contribution is 2.28. The van der Waals surface area contributed by atoms with Crippen molar-refractivity contribution in [1.82, 2.24) is 0 Å². The minimum atomic E-state index is -0.602. The van der Waals surface area contributed by atoms with E-state index in [1.54, 1.807) is 36.2 Å². The number of fused-ring (bicyclic) bond motifs is 1. The number of likely N-dealkylation sites (N-methyl/N-ethyl adjacent to an activating group) is 1. The molecule has 0 saturated heterocycles. The Balaban J connectivity index is 1.59. The molecule has 128 valence electrons. The summed E-state index contributed by atoms with van der Waals surface area (Å²) in [5, 5.41) is 0. The molecule has 0 bridgehead atoms. The van der Waals surface area contributed by atoms with Gasteiger partial charge in [-0.2, -0.15) is 0 Å². The standard InChI is InChI=1S/C19H16FNO4/c1-21-16-6-5-13(9-14(16)10-18(21)23)17(22)11-25-19(24)8-12-3-2-4-15(20)7-12/h2-7,9H,8,10-11H2,1H3. The molecule has 3 rings (SSSR count). The van der Waals surface area contributed by atoms with Gasteiger partial charge in [0.1, 0.15) is 5.82 Å². The Morgan fingerprint density at radius 2 is 2.00 bits per heavy atom. The third-order valence-corrected chi connectivity index (χ3v) is 4.08. The van der Waals surface area contributed by atoms with Crippen molar-refractivity contribution >= 4 is 23.3 Å². The topological polar surface area (TPSA) is 63.7 Å². The molecular formula is C19H16FNO4. The van der Waals surface area contributed by atoms with E-state index < -0.39 is 18.4 Å². The monoisotopic (exact) mass is 341 g/mol. The third kappa shape index (κ3) is 3.74. The van der Waals surface area contributed by atoms with E-state index in [-0.39, 0.29) is 24.5 Å². The first-order chi connectivity index (χ1) is 11.9. The summed E-state index contributed by atoms with van der Waals surface area (Å²) in [4.78, 5) is 37.2. The fraction of sp³-hybridized carbons (Fsp3) is 0.211. The Kier molecular flexibility index (Phi) is 4.61. The number of hydrogen-bond donors (Lipinski definition) is 0. The lowest BCUT2D eigenvalue weighted by molar-refractivity contribution is -0.141. The zero-order chi connectivity index (χ0) is 18.0. The Bertz CT molecular complexity index is 862. The molecule has 0 saturated carbocycles. The summed E-state index contributed by atoms with van der Waals surface area (Å²) < 4.78 is 18.1. The van der Waals surface area contributed by atoms with Crippen molar-refractivity contribution in [3.63, 3.8) is 0 Å². The van der Waals surface area contributed by atoms with Gasteiger partial charge in [-0.1, -0.05) is 12.1 Å². The third-order valence-electron chi connectivity index (χ3n) is 4.08. The van der Waals surface area contributed by atoms with Crippen LogP contribution in [0.1, 0.15) is 21.5 Å². The molecule has 0 fully saturated rings. The van der Waals surface area contributed by atoms with Gasteiger partial charge in [-0.15, -0.1) is 0 Å². The average Bonchev–Trinajstić information content (AvgIpc) is 2.86. The van der Waals surface area contributed by atoms with Crippen LogP contribution in [0.15, 0.2) is 42.5 Å². The maximum atomic E-state index is 13.1. The van der Waals surface area contributed by atoms with Crippen LogP contribution in [0.5, 0.6) is 0 Å². The second kappa shape index (κ2) is 6.84. The number of amides is 1. The molecule has 1 aliphatic rings. The summed E-state index contributed by atoms with van der Waals surface area (Å²) in [7, 11) is 1.68. The molecule has 0 spiro atoms. The van der Waals surface area contributed by atoms with E-state index in [4.69, 9.17) is 4.74 Å². The van der Waals surface area contributed by atoms with Crippen molar-refractivity contribution in [2.75, 3.05) is 18.6 Å². The molecule has 0 unspecified atom stereocenters. The minimum Gasteiger partial charge on any atom is -0.457 e. The van der Waals surface area contributed by atoms with Crippen molar-refractivity contribution in [3.05, 3.63) is 65.0 Å². The average molecular weight is 341 g/mol. The molecule has 1 aliphatic heterocycles. The number of carbonyl (C=O) groups is 3. The number of ketones is 1. The van der Waals surface area contributed by atoms with Gasteiger partial charge < -0.3 is 9.64 Å². The number of carbonyl (C=O) groups excluding carboxylic acids is 3. The van der Waals surface area contributed by atoms with Crippen LogP contribution in [0.25, 0.3) is 0 Å². The Hall–Kier alpha value is -3.02. The van der Waals surface area contributed by atoms with Crippen LogP contribution in [0.4, 0.5) is 10.1 Å². The molecule has 1 heterocycles. The number of rotatable bonds is 5. The largest absolute Gasteiger partial charge is 0.457 e. The van der Waals surface area contributed by atoms with E-state index in [1.807, 2.05) is 0 Å². The fourth-order valence-electron chi connectivity index (χ4n) is 2.74. The smallest absolute Gasteiger partial charge is 0.310 e. The van der Waals surface area contributed by atoms with Crippen LogP contribution in [0, 0.1) is 5.82 Å². The first-order valence-corrected chi connectivity index (χ1v) is 7.77. The second-order valence-electron chi connectivity index (χ2n) is 5.86. The van der Waals surface area contributed by atoms with Gasteiger partial charge >= 0.3 is 5.97 Å². The highest BCUT2D eigenvalue weighted by molar-refractivity contribution is 6.03. The van der Waals surface area contributed by atoms with Gasteiger partial charge in [0.15, 0.2) is 12.4 Å². The number of anilines is 1. The maximum Gasteiger partial charge on any atom is 0.310 e. The van der Waals surface area contributed by atoms with Crippen molar-refractivity contribution in [3.8, 4) is 0 Å². The minimum absolute atomic E-state index is 0.0267. The second-order valence-corrected chi connectivity index (χ2v) is 5.86. The molecule has 0 radical (unpaired) electrons. The molecule has 0 atom stereocenters. The maximum absolute atomic E-state index is 13.1. The van der Waals surface area contributed by atoms with Crippen molar-refractivity contribution in [2.45, 2.75) is 12.8 Å². The summed E-state index contributed by atoms with van der Waals surface area (Å²) >= 11 is 0. The van der Waals surface area contributed by atoms with E-state index in [2.05, 4.69) is 0 Å². The molecule has 1 amide bonds. The Morgan fingerprint density at radius 1 is 1.20 bits per heavy atom. The molecule has 5 nitrogen and oxygen atoms in total. The van der Waals surface area contributed by atoms with Gasteiger partial charge in [0.2, 0.25) is 5.91 Å². The van der Waals surface area contributed by atoms with E-state index in [0.29, 0.717) is 11.1 Å². The van der Waals surface area contributed by atoms with Crippen LogP contribution in [0.3, 0.4) is 0 Å². The van der Waals surface area contributed by atoms with E-state index in [1.165, 1.54) is 18.2 Å². The van der Waals surface area contributed by atoms with Gasteiger partial charge in [-0.05, 0) is 41.5 Å². The van der Waals surface area contributed by atoms with Gasteiger partial charge in [-0.3, -0.25) is 14.4 Å². The molecule has 0 aromatic heterocycles. The van der Waals surface area contributed by atoms with Gasteiger partial charge in [0, 0.05) is 18.3 Å². The van der Waals surface area contributed by atoms with Crippen LogP contribution in [-0.4, -0.2) is 31.3 Å². The number of benzene rings is 2. The summed E-state index contributed by atoms with van der Waals surface area (Å²) in [6.45, 7) is -0.392. The predicted molar refractivity (Wildman–Crippen MR) is 88.9 cm³/mol. The fourth-order valence-corrected chi connectivity index (χ4v) is 2.74. The zero-order valence-corrected chi connectivity index (χ0v) is 13.6. The first-order valence-electron chi connectivity index (χ1n) is 7.77. The summed E-state index contributed by atoms with van der Waals surface area (Å²) in [6, 6.07) is 10.6. The van der Waals surface area contributed by atoms with E-state index in [9.17, 15) is 18.8 Å². The number of esters is 1. The van der Waals surface area contributed by atoms with Crippen LogP contribution >= 0.6 is 0 Å². The Morgan fingerprint density at radius 3 is 2.76 bits per heavy atom. The number of nitrogens with zero attached hydrogens (tertiary/aromatic N) is 1. The zero-order valence-electron chi connectivity index (χ0n) is 13.6. The van der Waals surface area contributed by atoms with Gasteiger partial charge in [-0.25, -0.2) is 4.39 Å². The van der Waals surface area contributed by atoms with Crippen molar-refractivity contribution in [1.29, 1.82) is 0 Å². The quantitative estimate of drug-likeness (QED) is 0.618.